The molecule has 2 unspecified atom stereocenters. The first-order valence-corrected chi connectivity index (χ1v) is 7.40. The Bertz CT molecular complexity index is 556. The maximum absolute atomic E-state index is 6.35. The van der Waals surface area contributed by atoms with Gasteiger partial charge in [-0.05, 0) is 50.2 Å². The van der Waals surface area contributed by atoms with Crippen LogP contribution in [-0.4, -0.2) is 28.0 Å². The third kappa shape index (κ3) is 4.09. The van der Waals surface area contributed by atoms with Gasteiger partial charge in [-0.3, -0.25) is 14.9 Å². The molecule has 2 rings (SSSR count). The van der Waals surface area contributed by atoms with E-state index in [4.69, 9.17) is 5.73 Å². The Morgan fingerprint density at radius 3 is 2.52 bits per heavy atom. The van der Waals surface area contributed by atoms with E-state index in [9.17, 15) is 0 Å². The Hall–Kier alpha value is -1.78. The lowest BCUT2D eigenvalue weighted by Gasteiger charge is -2.32. The van der Waals surface area contributed by atoms with Crippen LogP contribution in [0.5, 0.6) is 0 Å². The van der Waals surface area contributed by atoms with Crippen LogP contribution >= 0.6 is 0 Å². The van der Waals surface area contributed by atoms with E-state index in [-0.39, 0.29) is 12.1 Å². The second kappa shape index (κ2) is 7.29. The summed E-state index contributed by atoms with van der Waals surface area (Å²) in [6.45, 7) is 4.92. The monoisotopic (exact) mass is 284 g/mol. The van der Waals surface area contributed by atoms with Crippen molar-refractivity contribution in [2.75, 3.05) is 7.05 Å². The molecular weight excluding hydrogens is 260 g/mol. The van der Waals surface area contributed by atoms with Gasteiger partial charge >= 0.3 is 0 Å². The third-order valence-electron chi connectivity index (χ3n) is 3.76. The van der Waals surface area contributed by atoms with Crippen LogP contribution in [-0.2, 0) is 6.54 Å². The molecule has 0 amide bonds. The van der Waals surface area contributed by atoms with E-state index in [1.165, 1.54) is 5.56 Å². The first-order valence-electron chi connectivity index (χ1n) is 7.40. The van der Waals surface area contributed by atoms with Crippen LogP contribution in [0.1, 0.15) is 36.3 Å². The van der Waals surface area contributed by atoms with Crippen molar-refractivity contribution in [3.63, 3.8) is 0 Å². The highest BCUT2D eigenvalue weighted by atomic mass is 15.2. The number of hydrogen-bond acceptors (Lipinski definition) is 4. The fourth-order valence-electron chi connectivity index (χ4n) is 2.65. The van der Waals surface area contributed by atoms with Crippen LogP contribution in [0.15, 0.2) is 42.7 Å². The molecule has 0 aliphatic carbocycles. The van der Waals surface area contributed by atoms with Gasteiger partial charge in [0, 0.05) is 30.7 Å². The molecule has 0 aliphatic rings. The number of nitrogens with two attached hydrogens (primary N) is 1. The average Bonchev–Trinajstić information content (AvgIpc) is 2.48. The maximum Gasteiger partial charge on any atom is 0.0547 e. The van der Waals surface area contributed by atoms with Crippen molar-refractivity contribution in [2.24, 2.45) is 5.73 Å². The summed E-state index contributed by atoms with van der Waals surface area (Å²) >= 11 is 0. The lowest BCUT2D eigenvalue weighted by atomic mass is 9.97. The van der Waals surface area contributed by atoms with Gasteiger partial charge in [0.1, 0.15) is 0 Å². The molecule has 2 aromatic heterocycles. The lowest BCUT2D eigenvalue weighted by Crippen LogP contribution is -2.38. The van der Waals surface area contributed by atoms with Crippen LogP contribution in [0.2, 0.25) is 0 Å². The second-order valence-corrected chi connectivity index (χ2v) is 5.48. The highest BCUT2D eigenvalue weighted by Gasteiger charge is 2.23. The van der Waals surface area contributed by atoms with Crippen LogP contribution in [0.4, 0.5) is 0 Å². The predicted molar refractivity (Wildman–Crippen MR) is 85.7 cm³/mol. The topological polar surface area (TPSA) is 55.0 Å². The Balaban J connectivity index is 2.20. The summed E-state index contributed by atoms with van der Waals surface area (Å²) in [5.74, 6) is 0. The minimum Gasteiger partial charge on any atom is -0.326 e. The first kappa shape index (κ1) is 15.6. The third-order valence-corrected chi connectivity index (χ3v) is 3.76. The largest absolute Gasteiger partial charge is 0.326 e. The molecule has 21 heavy (non-hydrogen) atoms. The second-order valence-electron chi connectivity index (χ2n) is 5.48. The highest BCUT2D eigenvalue weighted by Crippen LogP contribution is 2.24. The SMILES string of the molecule is CCC(N)C(c1ccncc1)N(C)Cc1cccc(C)n1. The van der Waals surface area contributed by atoms with Gasteiger partial charge in [-0.15, -0.1) is 0 Å². The van der Waals surface area contributed by atoms with Crippen LogP contribution in [0, 0.1) is 6.92 Å². The molecule has 2 heterocycles. The normalized spacial score (nSPS) is 14.1. The molecule has 2 atom stereocenters. The summed E-state index contributed by atoms with van der Waals surface area (Å²) in [5, 5.41) is 0. The Labute approximate surface area is 127 Å². The van der Waals surface area contributed by atoms with Crippen molar-refractivity contribution in [1.82, 2.24) is 14.9 Å². The molecular formula is C17H24N4. The number of rotatable bonds is 6. The molecule has 112 valence electrons. The summed E-state index contributed by atoms with van der Waals surface area (Å²) in [6, 6.07) is 10.5. The van der Waals surface area contributed by atoms with E-state index in [1.807, 2.05) is 43.6 Å². The number of aryl methyl sites for hydroxylation is 1. The highest BCUT2D eigenvalue weighted by molar-refractivity contribution is 5.18. The Morgan fingerprint density at radius 2 is 1.90 bits per heavy atom. The van der Waals surface area contributed by atoms with Crippen molar-refractivity contribution in [3.8, 4) is 0 Å². The molecule has 0 aliphatic heterocycles. The number of aromatic nitrogens is 2. The van der Waals surface area contributed by atoms with E-state index in [0.29, 0.717) is 0 Å². The summed E-state index contributed by atoms with van der Waals surface area (Å²) in [6.07, 6.45) is 4.57. The van der Waals surface area contributed by atoms with E-state index < -0.39 is 0 Å². The van der Waals surface area contributed by atoms with Gasteiger partial charge in [0.25, 0.3) is 0 Å². The van der Waals surface area contributed by atoms with E-state index in [2.05, 4.69) is 34.9 Å². The zero-order valence-electron chi connectivity index (χ0n) is 13.0. The Morgan fingerprint density at radius 1 is 1.19 bits per heavy atom. The minimum absolute atomic E-state index is 0.0854. The molecule has 2 aromatic rings. The predicted octanol–water partition coefficient (Wildman–Crippen LogP) is 2.70. The van der Waals surface area contributed by atoms with Crippen molar-refractivity contribution in [3.05, 3.63) is 59.7 Å². The van der Waals surface area contributed by atoms with Crippen LogP contribution in [0.3, 0.4) is 0 Å². The molecule has 0 radical (unpaired) electrons. The van der Waals surface area contributed by atoms with Crippen molar-refractivity contribution in [1.29, 1.82) is 0 Å². The number of likely N-dealkylation sites (N-methyl/N-ethyl adjacent to an activating group) is 1. The zero-order valence-corrected chi connectivity index (χ0v) is 13.0. The average molecular weight is 284 g/mol. The van der Waals surface area contributed by atoms with E-state index >= 15 is 0 Å². The van der Waals surface area contributed by atoms with Gasteiger partial charge in [0.2, 0.25) is 0 Å². The number of nitrogens with zero attached hydrogens (tertiary/aromatic N) is 3. The van der Waals surface area contributed by atoms with Crippen LogP contribution < -0.4 is 5.73 Å². The molecule has 0 saturated heterocycles. The van der Waals surface area contributed by atoms with E-state index in [0.717, 1.165) is 24.4 Å². The van der Waals surface area contributed by atoms with Gasteiger partial charge in [0.15, 0.2) is 0 Å². The summed E-state index contributed by atoms with van der Waals surface area (Å²) in [7, 11) is 2.10. The van der Waals surface area contributed by atoms with Gasteiger partial charge in [0.05, 0.1) is 11.7 Å². The first-order chi connectivity index (χ1) is 10.1. The van der Waals surface area contributed by atoms with Crippen molar-refractivity contribution in [2.45, 2.75) is 38.9 Å². The molecule has 0 fully saturated rings. The molecule has 4 nitrogen and oxygen atoms in total. The van der Waals surface area contributed by atoms with Crippen molar-refractivity contribution < 1.29 is 0 Å². The summed E-state index contributed by atoms with van der Waals surface area (Å²) in [5.41, 5.74) is 9.67. The molecule has 4 heteroatoms. The molecule has 0 saturated carbocycles. The number of hydrogen-bond donors (Lipinski definition) is 1. The molecule has 0 spiro atoms. The quantitative estimate of drug-likeness (QED) is 0.886. The van der Waals surface area contributed by atoms with Gasteiger partial charge in [-0.1, -0.05) is 13.0 Å². The smallest absolute Gasteiger partial charge is 0.0547 e. The molecule has 2 N–H and O–H groups in total. The fraction of sp³-hybridized carbons (Fsp3) is 0.412. The molecule has 0 bridgehead atoms. The van der Waals surface area contributed by atoms with E-state index in [1.54, 1.807) is 0 Å². The standard InChI is InChI=1S/C17H24N4/c1-4-16(18)17(14-8-10-19-11-9-14)21(3)12-15-7-5-6-13(2)20-15/h5-11,16-17H,4,12,18H2,1-3H3. The van der Waals surface area contributed by atoms with Gasteiger partial charge < -0.3 is 5.73 Å². The minimum atomic E-state index is 0.0854. The summed E-state index contributed by atoms with van der Waals surface area (Å²) in [4.78, 5) is 10.9. The molecule has 0 aromatic carbocycles. The zero-order chi connectivity index (χ0) is 15.2. The fourth-order valence-corrected chi connectivity index (χ4v) is 2.65. The van der Waals surface area contributed by atoms with Gasteiger partial charge in [-0.2, -0.15) is 0 Å². The number of pyridine rings is 2. The summed E-state index contributed by atoms with van der Waals surface area (Å²) < 4.78 is 0. The Kier molecular flexibility index (Phi) is 5.42. The lowest BCUT2D eigenvalue weighted by molar-refractivity contribution is 0.199. The maximum atomic E-state index is 6.35. The van der Waals surface area contributed by atoms with Crippen LogP contribution in [0.25, 0.3) is 0 Å². The van der Waals surface area contributed by atoms with Gasteiger partial charge in [-0.25, -0.2) is 0 Å². The van der Waals surface area contributed by atoms with Crippen molar-refractivity contribution >= 4 is 0 Å².